The summed E-state index contributed by atoms with van der Waals surface area (Å²) in [7, 11) is 1.67. The number of aromatic nitrogens is 1. The van der Waals surface area contributed by atoms with Crippen LogP contribution >= 0.6 is 23.1 Å². The van der Waals surface area contributed by atoms with E-state index in [0.29, 0.717) is 13.0 Å². The van der Waals surface area contributed by atoms with Crippen molar-refractivity contribution in [2.24, 2.45) is 0 Å². The van der Waals surface area contributed by atoms with Crippen LogP contribution in [0, 0.1) is 0 Å². The summed E-state index contributed by atoms with van der Waals surface area (Å²) in [4.78, 5) is 20.9. The van der Waals surface area contributed by atoms with Gasteiger partial charge >= 0.3 is 0 Å². The molecule has 1 fully saturated rings. The van der Waals surface area contributed by atoms with E-state index in [1.54, 1.807) is 30.2 Å². The second-order valence-corrected chi connectivity index (χ2v) is 9.41. The van der Waals surface area contributed by atoms with Gasteiger partial charge in [-0.3, -0.25) is 9.69 Å². The van der Waals surface area contributed by atoms with Crippen molar-refractivity contribution < 1.29 is 14.3 Å². The molecular weight excluding hydrogens is 416 g/mol. The number of carbonyl (C=O) groups excluding carboxylic acids is 1. The quantitative estimate of drug-likeness (QED) is 0.328. The number of para-hydroxylation sites is 1. The SMILES string of the molecule is COc1ccc(SCCCC(=O)N(CC2CCCO2)c2nc3ccccc3s2)cc1. The summed E-state index contributed by atoms with van der Waals surface area (Å²) < 4.78 is 12.1. The highest BCUT2D eigenvalue weighted by Gasteiger charge is 2.25. The molecule has 1 aliphatic heterocycles. The Morgan fingerprint density at radius 3 is 2.83 bits per heavy atom. The number of thiazole rings is 1. The Morgan fingerprint density at radius 2 is 2.10 bits per heavy atom. The van der Waals surface area contributed by atoms with Crippen LogP contribution in [0.4, 0.5) is 5.13 Å². The minimum Gasteiger partial charge on any atom is -0.497 e. The third-order valence-corrected chi connectivity index (χ3v) is 7.25. The van der Waals surface area contributed by atoms with Gasteiger partial charge in [-0.15, -0.1) is 11.8 Å². The second kappa shape index (κ2) is 10.3. The summed E-state index contributed by atoms with van der Waals surface area (Å²) in [6, 6.07) is 16.1. The van der Waals surface area contributed by atoms with E-state index in [1.165, 1.54) is 4.90 Å². The largest absolute Gasteiger partial charge is 0.497 e. The maximum absolute atomic E-state index is 13.1. The number of carbonyl (C=O) groups is 1. The highest BCUT2D eigenvalue weighted by atomic mass is 32.2. The zero-order valence-corrected chi connectivity index (χ0v) is 18.7. The van der Waals surface area contributed by atoms with Gasteiger partial charge in [0.15, 0.2) is 5.13 Å². The van der Waals surface area contributed by atoms with Crippen molar-refractivity contribution in [2.45, 2.75) is 36.7 Å². The van der Waals surface area contributed by atoms with E-state index in [4.69, 9.17) is 14.5 Å². The van der Waals surface area contributed by atoms with E-state index in [-0.39, 0.29) is 12.0 Å². The Hall–Kier alpha value is -2.09. The lowest BCUT2D eigenvalue weighted by molar-refractivity contribution is -0.119. The van der Waals surface area contributed by atoms with Crippen LogP contribution in [-0.4, -0.2) is 43.0 Å². The summed E-state index contributed by atoms with van der Waals surface area (Å²) in [5.41, 5.74) is 0.942. The molecule has 1 unspecified atom stereocenters. The zero-order chi connectivity index (χ0) is 20.8. The number of rotatable bonds is 9. The molecule has 0 spiro atoms. The standard InChI is InChI=1S/C23H26N2O3S2/c1-27-17-10-12-19(13-11-17)29-15-5-9-22(26)25(16-18-6-4-14-28-18)23-24-20-7-2-3-8-21(20)30-23/h2-3,7-8,10-13,18H,4-6,9,14-16H2,1H3. The summed E-state index contributed by atoms with van der Waals surface area (Å²) in [5, 5.41) is 0.777. The fourth-order valence-electron chi connectivity index (χ4n) is 3.47. The highest BCUT2D eigenvalue weighted by Crippen LogP contribution is 2.30. The highest BCUT2D eigenvalue weighted by molar-refractivity contribution is 7.99. The van der Waals surface area contributed by atoms with Crippen molar-refractivity contribution in [2.75, 3.05) is 30.9 Å². The fourth-order valence-corrected chi connectivity index (χ4v) is 5.32. The Morgan fingerprint density at radius 1 is 1.27 bits per heavy atom. The van der Waals surface area contributed by atoms with Crippen molar-refractivity contribution in [1.82, 2.24) is 4.98 Å². The molecule has 7 heteroatoms. The number of nitrogens with zero attached hydrogens (tertiary/aromatic N) is 2. The first-order chi connectivity index (χ1) is 14.7. The number of benzene rings is 2. The van der Waals surface area contributed by atoms with Crippen LogP contribution in [0.15, 0.2) is 53.4 Å². The first kappa shape index (κ1) is 21.2. The van der Waals surface area contributed by atoms with Gasteiger partial charge in [0.25, 0.3) is 0 Å². The van der Waals surface area contributed by atoms with E-state index >= 15 is 0 Å². The minimum absolute atomic E-state index is 0.106. The van der Waals surface area contributed by atoms with E-state index in [1.807, 2.05) is 35.2 Å². The summed E-state index contributed by atoms with van der Waals surface area (Å²) in [6.07, 6.45) is 3.50. The van der Waals surface area contributed by atoms with Crippen LogP contribution in [0.25, 0.3) is 10.2 Å². The predicted octanol–water partition coefficient (Wildman–Crippen LogP) is 5.39. The van der Waals surface area contributed by atoms with Gasteiger partial charge in [0, 0.05) is 17.9 Å². The van der Waals surface area contributed by atoms with Gasteiger partial charge in [-0.1, -0.05) is 23.5 Å². The molecule has 1 atom stereocenters. The molecule has 1 aromatic heterocycles. The van der Waals surface area contributed by atoms with Gasteiger partial charge in [-0.25, -0.2) is 4.98 Å². The molecule has 1 aliphatic rings. The molecule has 5 nitrogen and oxygen atoms in total. The molecule has 3 aromatic rings. The number of hydrogen-bond acceptors (Lipinski definition) is 6. The summed E-state index contributed by atoms with van der Waals surface area (Å²) in [6.45, 7) is 1.37. The van der Waals surface area contributed by atoms with Crippen molar-refractivity contribution >= 4 is 44.4 Å². The average molecular weight is 443 g/mol. The molecule has 0 bridgehead atoms. The van der Waals surface area contributed by atoms with Crippen molar-refractivity contribution in [3.05, 3.63) is 48.5 Å². The van der Waals surface area contributed by atoms with E-state index in [0.717, 1.165) is 52.7 Å². The number of anilines is 1. The van der Waals surface area contributed by atoms with Gasteiger partial charge in [0.05, 0.1) is 30.0 Å². The first-order valence-electron chi connectivity index (χ1n) is 10.3. The Balaban J connectivity index is 1.37. The number of hydrogen-bond donors (Lipinski definition) is 0. The molecule has 0 radical (unpaired) electrons. The van der Waals surface area contributed by atoms with Gasteiger partial charge in [0.1, 0.15) is 5.75 Å². The molecule has 2 aromatic carbocycles. The topological polar surface area (TPSA) is 51.7 Å². The summed E-state index contributed by atoms with van der Waals surface area (Å²) in [5.74, 6) is 1.88. The maximum atomic E-state index is 13.1. The average Bonchev–Trinajstić information content (AvgIpc) is 3.44. The Bertz CT molecular complexity index is 935. The van der Waals surface area contributed by atoms with E-state index in [2.05, 4.69) is 18.2 Å². The summed E-state index contributed by atoms with van der Waals surface area (Å²) >= 11 is 3.34. The monoisotopic (exact) mass is 442 g/mol. The lowest BCUT2D eigenvalue weighted by Gasteiger charge is -2.23. The van der Waals surface area contributed by atoms with Crippen LogP contribution in [0.2, 0.25) is 0 Å². The number of ether oxygens (including phenoxy) is 2. The molecular formula is C23H26N2O3S2. The Kier molecular flexibility index (Phi) is 7.25. The van der Waals surface area contributed by atoms with Crippen LogP contribution in [0.1, 0.15) is 25.7 Å². The second-order valence-electron chi connectivity index (χ2n) is 7.23. The van der Waals surface area contributed by atoms with Crippen molar-refractivity contribution in [1.29, 1.82) is 0 Å². The third kappa shape index (κ3) is 5.33. The van der Waals surface area contributed by atoms with E-state index < -0.39 is 0 Å². The molecule has 4 rings (SSSR count). The Labute approximate surface area is 185 Å². The first-order valence-corrected chi connectivity index (χ1v) is 12.1. The van der Waals surface area contributed by atoms with Gasteiger partial charge in [-0.05, 0) is 61.4 Å². The molecule has 0 aliphatic carbocycles. The molecule has 158 valence electrons. The number of methoxy groups -OCH3 is 1. The smallest absolute Gasteiger partial charge is 0.228 e. The molecule has 1 saturated heterocycles. The fraction of sp³-hybridized carbons (Fsp3) is 0.391. The van der Waals surface area contributed by atoms with Gasteiger partial charge in [0.2, 0.25) is 5.91 Å². The van der Waals surface area contributed by atoms with Crippen LogP contribution < -0.4 is 9.64 Å². The number of amides is 1. The van der Waals surface area contributed by atoms with Crippen LogP contribution in [-0.2, 0) is 9.53 Å². The normalized spacial score (nSPS) is 16.1. The molecule has 1 amide bonds. The minimum atomic E-state index is 0.106. The number of fused-ring (bicyclic) bond motifs is 1. The lowest BCUT2D eigenvalue weighted by Crippen LogP contribution is -2.37. The van der Waals surface area contributed by atoms with Crippen LogP contribution in [0.3, 0.4) is 0 Å². The van der Waals surface area contributed by atoms with Crippen molar-refractivity contribution in [3.63, 3.8) is 0 Å². The number of thioether (sulfide) groups is 1. The van der Waals surface area contributed by atoms with Crippen molar-refractivity contribution in [3.8, 4) is 5.75 Å². The maximum Gasteiger partial charge on any atom is 0.228 e. The molecule has 0 N–H and O–H groups in total. The lowest BCUT2D eigenvalue weighted by atomic mass is 10.2. The van der Waals surface area contributed by atoms with E-state index in [9.17, 15) is 4.79 Å². The molecule has 30 heavy (non-hydrogen) atoms. The molecule has 0 saturated carbocycles. The third-order valence-electron chi connectivity index (χ3n) is 5.09. The predicted molar refractivity (Wildman–Crippen MR) is 124 cm³/mol. The van der Waals surface area contributed by atoms with Crippen LogP contribution in [0.5, 0.6) is 5.75 Å². The zero-order valence-electron chi connectivity index (χ0n) is 17.1. The van der Waals surface area contributed by atoms with Gasteiger partial charge < -0.3 is 9.47 Å². The molecule has 2 heterocycles. The van der Waals surface area contributed by atoms with Gasteiger partial charge in [-0.2, -0.15) is 0 Å².